The number of likely N-dealkylation sites (N-methyl/N-ethyl adjacent to an activating group) is 1. The van der Waals surface area contributed by atoms with Crippen molar-refractivity contribution in [2.24, 2.45) is 5.92 Å². The van der Waals surface area contributed by atoms with Crippen LogP contribution < -0.4 is 5.32 Å². The van der Waals surface area contributed by atoms with E-state index < -0.39 is 0 Å². The second-order valence-electron chi connectivity index (χ2n) is 10.8. The molecular formula is C27H37N3O. The van der Waals surface area contributed by atoms with E-state index in [1.807, 2.05) is 0 Å². The molecule has 1 N–H and O–H groups in total. The minimum Gasteiger partial charge on any atom is -0.353 e. The van der Waals surface area contributed by atoms with Crippen LogP contribution in [0.1, 0.15) is 87.3 Å². The Morgan fingerprint density at radius 1 is 1.03 bits per heavy atom. The largest absolute Gasteiger partial charge is 0.353 e. The molecule has 3 fully saturated rings. The summed E-state index contributed by atoms with van der Waals surface area (Å²) in [5.74, 6) is 0.886. The fraction of sp³-hybridized carbons (Fsp3) is 0.667. The van der Waals surface area contributed by atoms with E-state index in [0.717, 1.165) is 32.2 Å². The highest BCUT2D eigenvalue weighted by atomic mass is 16.2. The lowest BCUT2D eigenvalue weighted by molar-refractivity contribution is -0.128. The molecule has 3 aliphatic carbocycles. The number of likely N-dealkylation sites (tertiary alicyclic amines) is 1. The fourth-order valence-corrected chi connectivity index (χ4v) is 7.31. The summed E-state index contributed by atoms with van der Waals surface area (Å²) in [5, 5.41) is 4.93. The van der Waals surface area contributed by atoms with Gasteiger partial charge in [-0.15, -0.1) is 0 Å². The topological polar surface area (TPSA) is 37.3 Å². The summed E-state index contributed by atoms with van der Waals surface area (Å²) in [4.78, 5) is 15.7. The number of amides is 1. The van der Waals surface area contributed by atoms with Crippen LogP contribution in [0.25, 0.3) is 10.9 Å². The van der Waals surface area contributed by atoms with Gasteiger partial charge in [0.25, 0.3) is 0 Å². The summed E-state index contributed by atoms with van der Waals surface area (Å²) < 4.78 is 2.60. The third kappa shape index (κ3) is 3.42. The summed E-state index contributed by atoms with van der Waals surface area (Å²) in [6, 6.07) is 8.57. The van der Waals surface area contributed by atoms with Crippen LogP contribution in [-0.4, -0.2) is 41.1 Å². The molecule has 0 radical (unpaired) electrons. The number of piperidine rings is 1. The van der Waals surface area contributed by atoms with E-state index in [1.54, 1.807) is 0 Å². The molecule has 0 spiro atoms. The van der Waals surface area contributed by atoms with Gasteiger partial charge in [0.05, 0.1) is 5.92 Å². The van der Waals surface area contributed by atoms with Crippen LogP contribution >= 0.6 is 0 Å². The maximum absolute atomic E-state index is 13.2. The number of aromatic nitrogens is 1. The zero-order valence-electron chi connectivity index (χ0n) is 19.0. The Morgan fingerprint density at radius 3 is 2.61 bits per heavy atom. The van der Waals surface area contributed by atoms with Crippen molar-refractivity contribution < 1.29 is 4.79 Å². The van der Waals surface area contributed by atoms with E-state index in [4.69, 9.17) is 0 Å². The summed E-state index contributed by atoms with van der Waals surface area (Å²) >= 11 is 0. The molecule has 4 aliphatic rings. The van der Waals surface area contributed by atoms with Crippen molar-refractivity contribution in [2.45, 2.75) is 94.7 Å². The number of benzene rings is 1. The first kappa shape index (κ1) is 19.8. The average molecular weight is 420 g/mol. The predicted molar refractivity (Wildman–Crippen MR) is 125 cm³/mol. The highest BCUT2D eigenvalue weighted by molar-refractivity contribution is 5.89. The van der Waals surface area contributed by atoms with Crippen molar-refractivity contribution in [3.63, 3.8) is 0 Å². The molecule has 1 aromatic heterocycles. The molecule has 0 bridgehead atoms. The molecule has 1 saturated heterocycles. The van der Waals surface area contributed by atoms with Crippen LogP contribution in [0.2, 0.25) is 0 Å². The van der Waals surface area contributed by atoms with Gasteiger partial charge in [-0.2, -0.15) is 0 Å². The Balaban J connectivity index is 1.29. The number of hydrogen-bond donors (Lipinski definition) is 1. The molecule has 0 unspecified atom stereocenters. The number of fused-ring (bicyclic) bond motifs is 2. The SMILES string of the molecule is CN1C[C@H](C(=O)NC2CCCCC2)C[C@@H]2c3cccc4c3c(cn4C3CCCC3)C[C@H]21. The maximum Gasteiger partial charge on any atom is 0.224 e. The van der Waals surface area contributed by atoms with Crippen molar-refractivity contribution in [1.82, 2.24) is 14.8 Å². The number of carbonyl (C=O) groups excluding carboxylic acids is 1. The van der Waals surface area contributed by atoms with Gasteiger partial charge in [0, 0.05) is 47.7 Å². The van der Waals surface area contributed by atoms with Gasteiger partial charge in [0.15, 0.2) is 0 Å². The van der Waals surface area contributed by atoms with E-state index in [-0.39, 0.29) is 5.92 Å². The lowest BCUT2D eigenvalue weighted by atomic mass is 9.72. The molecule has 2 aromatic rings. The third-order valence-electron chi connectivity index (χ3n) is 8.92. The third-order valence-corrected chi connectivity index (χ3v) is 8.92. The standard InChI is InChI=1S/C27H37N3O/c1-29-16-19(27(31)28-20-8-3-2-4-9-20)14-23-22-12-7-13-24-26(22)18(15-25(23)29)17-30(24)21-10-5-6-11-21/h7,12-13,17,19-21,23,25H,2-6,8-11,14-16H2,1H3,(H,28,31)/t19-,23-,25-/m1/s1. The second kappa shape index (κ2) is 7.95. The molecule has 4 heteroatoms. The van der Waals surface area contributed by atoms with Gasteiger partial charge in [0.1, 0.15) is 0 Å². The average Bonchev–Trinajstić information content (AvgIpc) is 3.44. The summed E-state index contributed by atoms with van der Waals surface area (Å²) in [7, 11) is 2.25. The number of carbonyl (C=O) groups is 1. The highest BCUT2D eigenvalue weighted by Gasteiger charge is 2.42. The number of nitrogens with one attached hydrogen (secondary N) is 1. The van der Waals surface area contributed by atoms with Crippen LogP contribution in [0.15, 0.2) is 24.4 Å². The summed E-state index contributed by atoms with van der Waals surface area (Å²) in [6.07, 6.45) is 16.2. The van der Waals surface area contributed by atoms with E-state index in [1.165, 1.54) is 67.0 Å². The molecule has 6 rings (SSSR count). The minimum atomic E-state index is 0.113. The van der Waals surface area contributed by atoms with Crippen LogP contribution in [0.3, 0.4) is 0 Å². The molecule has 31 heavy (non-hydrogen) atoms. The normalized spacial score (nSPS) is 29.9. The van der Waals surface area contributed by atoms with Crippen molar-refractivity contribution >= 4 is 16.8 Å². The Kier molecular flexibility index (Phi) is 5.09. The first-order valence-corrected chi connectivity index (χ1v) is 12.8. The van der Waals surface area contributed by atoms with Gasteiger partial charge in [-0.1, -0.05) is 44.2 Å². The van der Waals surface area contributed by atoms with Gasteiger partial charge < -0.3 is 14.8 Å². The molecular weight excluding hydrogens is 382 g/mol. The van der Waals surface area contributed by atoms with E-state index in [0.29, 0.717) is 30.0 Å². The lowest BCUT2D eigenvalue weighted by Crippen LogP contribution is -2.52. The highest BCUT2D eigenvalue weighted by Crippen LogP contribution is 2.46. The maximum atomic E-state index is 13.2. The van der Waals surface area contributed by atoms with Crippen molar-refractivity contribution in [3.8, 4) is 0 Å². The molecule has 1 aromatic carbocycles. The van der Waals surface area contributed by atoms with Crippen molar-refractivity contribution in [3.05, 3.63) is 35.5 Å². The first-order valence-electron chi connectivity index (χ1n) is 12.8. The van der Waals surface area contributed by atoms with Crippen molar-refractivity contribution in [2.75, 3.05) is 13.6 Å². The summed E-state index contributed by atoms with van der Waals surface area (Å²) in [5.41, 5.74) is 4.48. The monoisotopic (exact) mass is 419 g/mol. The summed E-state index contributed by atoms with van der Waals surface area (Å²) in [6.45, 7) is 0.897. The molecule has 1 amide bonds. The number of rotatable bonds is 3. The van der Waals surface area contributed by atoms with Gasteiger partial charge >= 0.3 is 0 Å². The number of hydrogen-bond acceptors (Lipinski definition) is 2. The quantitative estimate of drug-likeness (QED) is 0.746. The van der Waals surface area contributed by atoms with Gasteiger partial charge in [-0.05, 0) is 62.8 Å². The van der Waals surface area contributed by atoms with Crippen LogP contribution in [0, 0.1) is 5.92 Å². The van der Waals surface area contributed by atoms with Gasteiger partial charge in [-0.3, -0.25) is 4.79 Å². The Labute approximate surface area is 186 Å². The smallest absolute Gasteiger partial charge is 0.224 e. The lowest BCUT2D eigenvalue weighted by Gasteiger charge is -2.45. The Morgan fingerprint density at radius 2 is 1.81 bits per heavy atom. The van der Waals surface area contributed by atoms with Crippen molar-refractivity contribution in [1.29, 1.82) is 0 Å². The number of nitrogens with zero attached hydrogens (tertiary/aromatic N) is 2. The first-order chi connectivity index (χ1) is 15.2. The minimum absolute atomic E-state index is 0.113. The van der Waals surface area contributed by atoms with Crippen LogP contribution in [0.5, 0.6) is 0 Å². The van der Waals surface area contributed by atoms with E-state index >= 15 is 0 Å². The molecule has 1 aliphatic heterocycles. The molecule has 3 atom stereocenters. The molecule has 166 valence electrons. The Bertz CT molecular complexity index is 966. The van der Waals surface area contributed by atoms with Crippen LogP contribution in [-0.2, 0) is 11.2 Å². The van der Waals surface area contributed by atoms with E-state index in [2.05, 4.69) is 46.2 Å². The predicted octanol–water partition coefficient (Wildman–Crippen LogP) is 5.17. The van der Waals surface area contributed by atoms with Gasteiger partial charge in [-0.25, -0.2) is 0 Å². The fourth-order valence-electron chi connectivity index (χ4n) is 7.31. The Hall–Kier alpha value is -1.81. The second-order valence-corrected chi connectivity index (χ2v) is 10.8. The zero-order chi connectivity index (χ0) is 20.9. The molecule has 4 nitrogen and oxygen atoms in total. The zero-order valence-corrected chi connectivity index (χ0v) is 19.0. The van der Waals surface area contributed by atoms with Crippen LogP contribution in [0.4, 0.5) is 0 Å². The van der Waals surface area contributed by atoms with Gasteiger partial charge in [0.2, 0.25) is 5.91 Å². The molecule has 2 saturated carbocycles. The van der Waals surface area contributed by atoms with E-state index in [9.17, 15) is 4.79 Å². The molecule has 2 heterocycles.